The first-order valence-electron chi connectivity index (χ1n) is 13.3. The summed E-state index contributed by atoms with van der Waals surface area (Å²) in [6, 6.07) is 6.07. The predicted octanol–water partition coefficient (Wildman–Crippen LogP) is 4.16. The summed E-state index contributed by atoms with van der Waals surface area (Å²) < 4.78 is 25.8. The van der Waals surface area contributed by atoms with Gasteiger partial charge in [-0.1, -0.05) is 17.7 Å². The molecule has 1 fully saturated rings. The molecule has 2 heterocycles. The number of rotatable bonds is 11. The highest BCUT2D eigenvalue weighted by Crippen LogP contribution is 2.37. The standard InChI is InChI=1S/C29H36ClFN6O4/c1-29(2,39)20-15-22(31)21(30)16-24(20)35-28-19-14-25(34-27(38)6-5-7-36(3)4)26(17-23(19)32-18-33-28)41-13-10-37-8-11-40-12-9-37/h5-6,14-18,39H,7-13H2,1-4H3,(H,34,38)(H,32,33,35)/b6-5+. The minimum atomic E-state index is -1.36. The lowest BCUT2D eigenvalue weighted by atomic mass is 9.96. The van der Waals surface area contributed by atoms with Gasteiger partial charge in [-0.15, -0.1) is 0 Å². The normalized spacial score (nSPS) is 14.6. The van der Waals surface area contributed by atoms with Crippen molar-refractivity contribution in [2.75, 3.05) is 70.7 Å². The average Bonchev–Trinajstić information content (AvgIpc) is 2.91. The Morgan fingerprint density at radius 2 is 1.98 bits per heavy atom. The van der Waals surface area contributed by atoms with Crippen LogP contribution in [0.1, 0.15) is 19.4 Å². The van der Waals surface area contributed by atoms with E-state index < -0.39 is 11.4 Å². The van der Waals surface area contributed by atoms with Gasteiger partial charge in [0.2, 0.25) is 5.91 Å². The average molecular weight is 587 g/mol. The van der Waals surface area contributed by atoms with Crippen molar-refractivity contribution in [3.63, 3.8) is 0 Å². The van der Waals surface area contributed by atoms with Crippen LogP contribution < -0.4 is 15.4 Å². The number of nitrogens with one attached hydrogen (secondary N) is 2. The molecule has 1 saturated heterocycles. The van der Waals surface area contributed by atoms with Crippen molar-refractivity contribution in [3.8, 4) is 5.75 Å². The molecular formula is C29H36ClFN6O4. The van der Waals surface area contributed by atoms with Crippen LogP contribution in [0.4, 0.5) is 21.6 Å². The van der Waals surface area contributed by atoms with Gasteiger partial charge < -0.3 is 30.1 Å². The van der Waals surface area contributed by atoms with Crippen molar-refractivity contribution in [3.05, 3.63) is 59.1 Å². The zero-order valence-corrected chi connectivity index (χ0v) is 24.5. The van der Waals surface area contributed by atoms with E-state index >= 15 is 0 Å². The topological polar surface area (TPSA) is 112 Å². The highest BCUT2D eigenvalue weighted by molar-refractivity contribution is 6.31. The zero-order chi connectivity index (χ0) is 29.6. The number of halogens is 2. The molecule has 220 valence electrons. The number of aromatic nitrogens is 2. The number of morpholine rings is 1. The number of ether oxygens (including phenoxy) is 2. The number of fused-ring (bicyclic) bond motifs is 1. The molecule has 12 heteroatoms. The van der Waals surface area contributed by atoms with E-state index in [9.17, 15) is 14.3 Å². The van der Waals surface area contributed by atoms with Crippen LogP contribution in [-0.4, -0.2) is 90.9 Å². The number of hydrogen-bond donors (Lipinski definition) is 3. The molecule has 1 aliphatic rings. The zero-order valence-electron chi connectivity index (χ0n) is 23.7. The third-order valence-electron chi connectivity index (χ3n) is 6.48. The van der Waals surface area contributed by atoms with Crippen molar-refractivity contribution in [2.45, 2.75) is 19.4 Å². The van der Waals surface area contributed by atoms with Crippen molar-refractivity contribution in [2.24, 2.45) is 0 Å². The van der Waals surface area contributed by atoms with Gasteiger partial charge in [0.15, 0.2) is 0 Å². The minimum Gasteiger partial charge on any atom is -0.490 e. The molecule has 1 aromatic heterocycles. The molecule has 3 N–H and O–H groups in total. The third-order valence-corrected chi connectivity index (χ3v) is 6.77. The highest BCUT2D eigenvalue weighted by Gasteiger charge is 2.23. The van der Waals surface area contributed by atoms with Gasteiger partial charge in [0.05, 0.1) is 35.0 Å². The molecule has 0 spiro atoms. The molecule has 2 aromatic carbocycles. The molecule has 0 atom stereocenters. The number of carbonyl (C=O) groups excluding carboxylic acids is 1. The molecule has 1 amide bonds. The van der Waals surface area contributed by atoms with Crippen LogP contribution in [0.5, 0.6) is 5.75 Å². The SMILES string of the molecule is CN(C)C/C=C/C(=O)Nc1cc2c(Nc3cc(Cl)c(F)cc3C(C)(C)O)ncnc2cc1OCCN1CCOCC1. The number of anilines is 3. The number of carbonyl (C=O) groups is 1. The summed E-state index contributed by atoms with van der Waals surface area (Å²) in [6.07, 6.45) is 4.62. The van der Waals surface area contributed by atoms with Gasteiger partial charge >= 0.3 is 0 Å². The van der Waals surface area contributed by atoms with E-state index in [1.807, 2.05) is 19.0 Å². The molecule has 4 rings (SSSR count). The molecular weight excluding hydrogens is 551 g/mol. The first-order chi connectivity index (χ1) is 19.5. The second kappa shape index (κ2) is 13.5. The van der Waals surface area contributed by atoms with Gasteiger partial charge in [-0.2, -0.15) is 0 Å². The number of amides is 1. The van der Waals surface area contributed by atoms with E-state index in [4.69, 9.17) is 21.1 Å². The molecule has 1 aliphatic heterocycles. The molecule has 0 saturated carbocycles. The van der Waals surface area contributed by atoms with E-state index in [0.717, 1.165) is 13.1 Å². The van der Waals surface area contributed by atoms with E-state index in [-0.39, 0.29) is 10.9 Å². The fraction of sp³-hybridized carbons (Fsp3) is 0.414. The van der Waals surface area contributed by atoms with Gasteiger partial charge in [0, 0.05) is 55.0 Å². The number of aliphatic hydroxyl groups is 1. The lowest BCUT2D eigenvalue weighted by Crippen LogP contribution is -2.38. The first kappa shape index (κ1) is 30.6. The van der Waals surface area contributed by atoms with Crippen molar-refractivity contribution >= 4 is 45.6 Å². The summed E-state index contributed by atoms with van der Waals surface area (Å²) >= 11 is 6.08. The Bertz CT molecular complexity index is 1410. The molecule has 3 aromatic rings. The second-order valence-electron chi connectivity index (χ2n) is 10.5. The predicted molar refractivity (Wildman–Crippen MR) is 159 cm³/mol. The Morgan fingerprint density at radius 3 is 2.68 bits per heavy atom. The Kier molecular flexibility index (Phi) is 10.1. The Balaban J connectivity index is 1.68. The summed E-state index contributed by atoms with van der Waals surface area (Å²) in [4.78, 5) is 25.8. The second-order valence-corrected chi connectivity index (χ2v) is 10.9. The number of hydrogen-bond acceptors (Lipinski definition) is 9. The van der Waals surface area contributed by atoms with Crippen LogP contribution in [0.25, 0.3) is 10.9 Å². The third kappa shape index (κ3) is 8.34. The van der Waals surface area contributed by atoms with E-state index in [0.29, 0.717) is 72.3 Å². The Labute approximate surface area is 244 Å². The van der Waals surface area contributed by atoms with Crippen LogP contribution in [-0.2, 0) is 15.1 Å². The number of benzene rings is 2. The molecule has 0 unspecified atom stereocenters. The van der Waals surface area contributed by atoms with Gasteiger partial charge in [-0.3, -0.25) is 9.69 Å². The fourth-order valence-electron chi connectivity index (χ4n) is 4.34. The summed E-state index contributed by atoms with van der Waals surface area (Å²) in [5.74, 6) is -0.119. The van der Waals surface area contributed by atoms with Gasteiger partial charge in [-0.05, 0) is 46.1 Å². The summed E-state index contributed by atoms with van der Waals surface area (Å²) in [6.45, 7) is 7.89. The summed E-state index contributed by atoms with van der Waals surface area (Å²) in [5.41, 5.74) is 0.316. The van der Waals surface area contributed by atoms with Crippen LogP contribution in [0.15, 0.2) is 42.7 Å². The number of likely N-dealkylation sites (N-methyl/N-ethyl adjacent to an activating group) is 1. The maximum Gasteiger partial charge on any atom is 0.248 e. The van der Waals surface area contributed by atoms with Gasteiger partial charge in [0.25, 0.3) is 0 Å². The van der Waals surface area contributed by atoms with Crippen LogP contribution in [0.2, 0.25) is 5.02 Å². The summed E-state index contributed by atoms with van der Waals surface area (Å²) in [7, 11) is 3.83. The van der Waals surface area contributed by atoms with Gasteiger partial charge in [-0.25, -0.2) is 14.4 Å². The molecule has 0 aliphatic carbocycles. The van der Waals surface area contributed by atoms with Crippen LogP contribution >= 0.6 is 11.6 Å². The number of nitrogens with zero attached hydrogens (tertiary/aromatic N) is 4. The monoisotopic (exact) mass is 586 g/mol. The molecule has 0 bridgehead atoms. The van der Waals surface area contributed by atoms with Gasteiger partial charge in [0.1, 0.15) is 30.3 Å². The molecule has 10 nitrogen and oxygen atoms in total. The lowest BCUT2D eigenvalue weighted by Gasteiger charge is -2.26. The highest BCUT2D eigenvalue weighted by atomic mass is 35.5. The van der Waals surface area contributed by atoms with Crippen molar-refractivity contribution in [1.29, 1.82) is 0 Å². The van der Waals surface area contributed by atoms with Crippen LogP contribution in [0.3, 0.4) is 0 Å². The molecule has 41 heavy (non-hydrogen) atoms. The quantitative estimate of drug-likeness (QED) is 0.285. The molecule has 0 radical (unpaired) electrons. The Morgan fingerprint density at radius 1 is 1.22 bits per heavy atom. The van der Waals surface area contributed by atoms with Crippen molar-refractivity contribution < 1.29 is 23.8 Å². The Hall–Kier alpha value is -3.35. The van der Waals surface area contributed by atoms with E-state index in [1.165, 1.54) is 24.5 Å². The smallest absolute Gasteiger partial charge is 0.248 e. The summed E-state index contributed by atoms with van der Waals surface area (Å²) in [5, 5.41) is 17.2. The maximum absolute atomic E-state index is 14.3. The lowest BCUT2D eigenvalue weighted by molar-refractivity contribution is -0.111. The largest absolute Gasteiger partial charge is 0.490 e. The van der Waals surface area contributed by atoms with Crippen molar-refractivity contribution in [1.82, 2.24) is 19.8 Å². The van der Waals surface area contributed by atoms with E-state index in [1.54, 1.807) is 32.1 Å². The van der Waals surface area contributed by atoms with Crippen LogP contribution in [0, 0.1) is 5.82 Å². The fourth-order valence-corrected chi connectivity index (χ4v) is 4.50. The minimum absolute atomic E-state index is 0.104. The maximum atomic E-state index is 14.3. The first-order valence-corrected chi connectivity index (χ1v) is 13.7. The van der Waals surface area contributed by atoms with E-state index in [2.05, 4.69) is 25.5 Å².